The fraction of sp³-hybridized carbons (Fsp3) is 0.533. The topological polar surface area (TPSA) is 38.3 Å². The summed E-state index contributed by atoms with van der Waals surface area (Å²) >= 11 is 5.86. The standard InChI is InChI=1S/C15H20ClNO2/c16-12-5-4-8-14(11-12)19-10-9-15(18)17-13-6-2-1-3-7-13/h4-5,8,11,13H,1-3,6-7,9-10H2,(H,17,18). The highest BCUT2D eigenvalue weighted by atomic mass is 35.5. The van der Waals surface area contributed by atoms with Crippen molar-refractivity contribution in [3.05, 3.63) is 29.3 Å². The van der Waals surface area contributed by atoms with E-state index in [0.717, 1.165) is 12.8 Å². The van der Waals surface area contributed by atoms with Gasteiger partial charge in [-0.2, -0.15) is 0 Å². The van der Waals surface area contributed by atoms with Gasteiger partial charge in [0.25, 0.3) is 0 Å². The molecule has 0 bridgehead atoms. The first-order valence-corrected chi connectivity index (χ1v) is 7.29. The van der Waals surface area contributed by atoms with Crippen molar-refractivity contribution in [2.75, 3.05) is 6.61 Å². The van der Waals surface area contributed by atoms with Gasteiger partial charge < -0.3 is 10.1 Å². The van der Waals surface area contributed by atoms with Crippen molar-refractivity contribution in [2.24, 2.45) is 0 Å². The number of nitrogens with one attached hydrogen (secondary N) is 1. The van der Waals surface area contributed by atoms with Gasteiger partial charge in [-0.3, -0.25) is 4.79 Å². The van der Waals surface area contributed by atoms with Crippen LogP contribution in [0.25, 0.3) is 0 Å². The molecule has 0 spiro atoms. The van der Waals surface area contributed by atoms with Crippen LogP contribution in [-0.4, -0.2) is 18.6 Å². The van der Waals surface area contributed by atoms with Gasteiger partial charge in [-0.15, -0.1) is 0 Å². The molecule has 1 aromatic rings. The molecule has 2 rings (SSSR count). The Kier molecular flexibility index (Phi) is 5.52. The number of hydrogen-bond acceptors (Lipinski definition) is 2. The number of halogens is 1. The second-order valence-electron chi connectivity index (χ2n) is 4.96. The Morgan fingerprint density at radius 1 is 1.32 bits per heavy atom. The molecule has 0 aliphatic heterocycles. The average Bonchev–Trinajstić information content (AvgIpc) is 2.40. The molecule has 0 heterocycles. The van der Waals surface area contributed by atoms with Crippen LogP contribution in [-0.2, 0) is 4.79 Å². The van der Waals surface area contributed by atoms with Crippen molar-refractivity contribution < 1.29 is 9.53 Å². The highest BCUT2D eigenvalue weighted by Crippen LogP contribution is 2.18. The quantitative estimate of drug-likeness (QED) is 0.896. The van der Waals surface area contributed by atoms with Gasteiger partial charge in [-0.25, -0.2) is 0 Å². The Bertz CT molecular complexity index is 416. The predicted molar refractivity (Wildman–Crippen MR) is 76.6 cm³/mol. The fourth-order valence-electron chi connectivity index (χ4n) is 2.37. The number of amides is 1. The lowest BCUT2D eigenvalue weighted by atomic mass is 9.95. The number of carbonyl (C=O) groups excluding carboxylic acids is 1. The second kappa shape index (κ2) is 7.39. The summed E-state index contributed by atoms with van der Waals surface area (Å²) in [7, 11) is 0. The number of hydrogen-bond donors (Lipinski definition) is 1. The van der Waals surface area contributed by atoms with Crippen molar-refractivity contribution in [3.63, 3.8) is 0 Å². The van der Waals surface area contributed by atoms with Crippen molar-refractivity contribution in [1.29, 1.82) is 0 Å². The molecule has 0 unspecified atom stereocenters. The molecular weight excluding hydrogens is 262 g/mol. The zero-order chi connectivity index (χ0) is 13.5. The van der Waals surface area contributed by atoms with Gasteiger partial charge in [-0.1, -0.05) is 36.9 Å². The van der Waals surface area contributed by atoms with E-state index in [0.29, 0.717) is 29.8 Å². The predicted octanol–water partition coefficient (Wildman–Crippen LogP) is 3.56. The molecule has 104 valence electrons. The highest BCUT2D eigenvalue weighted by Gasteiger charge is 2.15. The lowest BCUT2D eigenvalue weighted by Crippen LogP contribution is -2.36. The first-order valence-electron chi connectivity index (χ1n) is 6.92. The minimum absolute atomic E-state index is 0.0777. The summed E-state index contributed by atoms with van der Waals surface area (Å²) in [6.07, 6.45) is 6.36. The van der Waals surface area contributed by atoms with Gasteiger partial charge in [0.2, 0.25) is 5.91 Å². The van der Waals surface area contributed by atoms with E-state index >= 15 is 0 Å². The first-order chi connectivity index (χ1) is 9.24. The maximum absolute atomic E-state index is 11.8. The number of rotatable bonds is 5. The molecule has 1 saturated carbocycles. The number of ether oxygens (including phenoxy) is 1. The highest BCUT2D eigenvalue weighted by molar-refractivity contribution is 6.30. The molecule has 4 heteroatoms. The van der Waals surface area contributed by atoms with E-state index in [1.807, 2.05) is 12.1 Å². The van der Waals surface area contributed by atoms with E-state index in [1.54, 1.807) is 12.1 Å². The maximum atomic E-state index is 11.8. The van der Waals surface area contributed by atoms with Crippen LogP contribution < -0.4 is 10.1 Å². The summed E-state index contributed by atoms with van der Waals surface area (Å²) in [6, 6.07) is 7.59. The van der Waals surface area contributed by atoms with Gasteiger partial charge in [0, 0.05) is 11.1 Å². The molecule has 19 heavy (non-hydrogen) atoms. The largest absolute Gasteiger partial charge is 0.493 e. The van der Waals surface area contributed by atoms with Crippen LogP contribution >= 0.6 is 11.6 Å². The Hall–Kier alpha value is -1.22. The third kappa shape index (κ3) is 5.11. The third-order valence-electron chi connectivity index (χ3n) is 3.36. The fourth-order valence-corrected chi connectivity index (χ4v) is 2.55. The van der Waals surface area contributed by atoms with Crippen LogP contribution in [0.4, 0.5) is 0 Å². The molecule has 0 saturated heterocycles. The van der Waals surface area contributed by atoms with Crippen LogP contribution in [0.15, 0.2) is 24.3 Å². The molecule has 3 nitrogen and oxygen atoms in total. The van der Waals surface area contributed by atoms with E-state index in [2.05, 4.69) is 5.32 Å². The van der Waals surface area contributed by atoms with Gasteiger partial charge in [0.15, 0.2) is 0 Å². The maximum Gasteiger partial charge on any atom is 0.223 e. The lowest BCUT2D eigenvalue weighted by Gasteiger charge is -2.22. The Morgan fingerprint density at radius 2 is 2.11 bits per heavy atom. The molecule has 1 amide bonds. The van der Waals surface area contributed by atoms with Crippen molar-refractivity contribution in [3.8, 4) is 5.75 Å². The summed E-state index contributed by atoms with van der Waals surface area (Å²) in [5.41, 5.74) is 0. The molecule has 0 radical (unpaired) electrons. The van der Waals surface area contributed by atoms with Crippen molar-refractivity contribution >= 4 is 17.5 Å². The summed E-state index contributed by atoms with van der Waals surface area (Å²) in [5, 5.41) is 3.71. The monoisotopic (exact) mass is 281 g/mol. The first kappa shape index (κ1) is 14.2. The van der Waals surface area contributed by atoms with Crippen LogP contribution in [0.2, 0.25) is 5.02 Å². The van der Waals surface area contributed by atoms with Crippen LogP contribution in [0, 0.1) is 0 Å². The Balaban J connectivity index is 1.66. The van der Waals surface area contributed by atoms with Gasteiger partial charge in [0.05, 0.1) is 13.0 Å². The van der Waals surface area contributed by atoms with Gasteiger partial charge in [-0.05, 0) is 31.0 Å². The van der Waals surface area contributed by atoms with E-state index in [9.17, 15) is 4.79 Å². The van der Waals surface area contributed by atoms with Crippen molar-refractivity contribution in [1.82, 2.24) is 5.32 Å². The number of carbonyl (C=O) groups is 1. The molecule has 1 aliphatic carbocycles. The third-order valence-corrected chi connectivity index (χ3v) is 3.60. The minimum atomic E-state index is 0.0777. The zero-order valence-corrected chi connectivity index (χ0v) is 11.8. The molecule has 1 aliphatic rings. The van der Waals surface area contributed by atoms with E-state index in [-0.39, 0.29) is 5.91 Å². The van der Waals surface area contributed by atoms with Crippen LogP contribution in [0.3, 0.4) is 0 Å². The van der Waals surface area contributed by atoms with E-state index in [1.165, 1.54) is 19.3 Å². The normalized spacial score (nSPS) is 16.1. The summed E-state index contributed by atoms with van der Waals surface area (Å²) in [6.45, 7) is 0.388. The molecule has 1 fully saturated rings. The SMILES string of the molecule is O=C(CCOc1cccc(Cl)c1)NC1CCCCC1. The minimum Gasteiger partial charge on any atom is -0.493 e. The number of benzene rings is 1. The lowest BCUT2D eigenvalue weighted by molar-refractivity contribution is -0.122. The summed E-state index contributed by atoms with van der Waals surface area (Å²) in [5.74, 6) is 0.784. The Morgan fingerprint density at radius 3 is 2.84 bits per heavy atom. The average molecular weight is 282 g/mol. The summed E-state index contributed by atoms with van der Waals surface area (Å²) < 4.78 is 5.50. The van der Waals surface area contributed by atoms with Crippen LogP contribution in [0.1, 0.15) is 38.5 Å². The second-order valence-corrected chi connectivity index (χ2v) is 5.39. The Labute approximate surface area is 119 Å². The van der Waals surface area contributed by atoms with Gasteiger partial charge in [0.1, 0.15) is 5.75 Å². The molecular formula is C15H20ClNO2. The molecule has 0 atom stereocenters. The van der Waals surface area contributed by atoms with E-state index < -0.39 is 0 Å². The van der Waals surface area contributed by atoms with E-state index in [4.69, 9.17) is 16.3 Å². The van der Waals surface area contributed by atoms with Crippen molar-refractivity contribution in [2.45, 2.75) is 44.6 Å². The zero-order valence-electron chi connectivity index (χ0n) is 11.0. The molecule has 1 aromatic carbocycles. The molecule has 0 aromatic heterocycles. The van der Waals surface area contributed by atoms with Gasteiger partial charge >= 0.3 is 0 Å². The molecule has 1 N–H and O–H groups in total. The summed E-state index contributed by atoms with van der Waals surface area (Å²) in [4.78, 5) is 11.8. The van der Waals surface area contributed by atoms with Crippen LogP contribution in [0.5, 0.6) is 5.75 Å². The smallest absolute Gasteiger partial charge is 0.223 e.